The molecule has 1 heterocycles. The lowest BCUT2D eigenvalue weighted by Gasteiger charge is -2.11. The predicted molar refractivity (Wildman–Crippen MR) is 92.9 cm³/mol. The molecule has 0 unspecified atom stereocenters. The van der Waals surface area contributed by atoms with Gasteiger partial charge in [-0.3, -0.25) is 9.59 Å². The van der Waals surface area contributed by atoms with Gasteiger partial charge in [0.1, 0.15) is 0 Å². The van der Waals surface area contributed by atoms with Crippen molar-refractivity contribution in [1.82, 2.24) is 0 Å². The van der Waals surface area contributed by atoms with Crippen molar-refractivity contribution in [2.75, 3.05) is 18.7 Å². The summed E-state index contributed by atoms with van der Waals surface area (Å²) in [5, 5.41) is 3.03. The Bertz CT molecular complexity index is 878. The Morgan fingerprint density at radius 3 is 2.42 bits per heavy atom. The van der Waals surface area contributed by atoms with Gasteiger partial charge in [0.15, 0.2) is 23.9 Å². The van der Waals surface area contributed by atoms with Crippen LogP contribution in [-0.4, -0.2) is 31.1 Å². The number of carbonyl (C=O) groups excluding carboxylic acids is 3. The highest BCUT2D eigenvalue weighted by Gasteiger charge is 2.20. The molecular formula is C18H14ClNO6. The molecule has 3 rings (SSSR count). The molecule has 2 aromatic rings. The van der Waals surface area contributed by atoms with E-state index in [-0.39, 0.29) is 29.4 Å². The summed E-state index contributed by atoms with van der Waals surface area (Å²) in [5.41, 5.74) is 0.802. The maximum absolute atomic E-state index is 12.1. The van der Waals surface area contributed by atoms with Crippen molar-refractivity contribution in [3.05, 3.63) is 52.5 Å². The molecular weight excluding hydrogens is 362 g/mol. The Balaban J connectivity index is 1.65. The largest absolute Gasteiger partial charge is 0.454 e. The molecule has 0 bridgehead atoms. The van der Waals surface area contributed by atoms with Crippen LogP contribution in [-0.2, 0) is 9.53 Å². The molecule has 0 aliphatic carbocycles. The van der Waals surface area contributed by atoms with Crippen LogP contribution in [0.1, 0.15) is 27.6 Å². The summed E-state index contributed by atoms with van der Waals surface area (Å²) < 4.78 is 15.4. The van der Waals surface area contributed by atoms with Crippen molar-refractivity contribution in [2.45, 2.75) is 6.92 Å². The number of fused-ring (bicyclic) bond motifs is 1. The van der Waals surface area contributed by atoms with E-state index in [0.717, 1.165) is 0 Å². The zero-order valence-corrected chi connectivity index (χ0v) is 14.5. The van der Waals surface area contributed by atoms with Crippen LogP contribution in [0.15, 0.2) is 36.4 Å². The Morgan fingerprint density at radius 1 is 1.12 bits per heavy atom. The monoisotopic (exact) mass is 375 g/mol. The van der Waals surface area contributed by atoms with E-state index < -0.39 is 18.5 Å². The van der Waals surface area contributed by atoms with E-state index in [9.17, 15) is 14.4 Å². The van der Waals surface area contributed by atoms with Crippen molar-refractivity contribution >= 4 is 34.9 Å². The molecule has 0 saturated carbocycles. The molecule has 7 nitrogen and oxygen atoms in total. The van der Waals surface area contributed by atoms with Crippen molar-refractivity contribution in [1.29, 1.82) is 0 Å². The summed E-state index contributed by atoms with van der Waals surface area (Å²) in [6.45, 7) is 0.907. The van der Waals surface area contributed by atoms with Gasteiger partial charge in [-0.25, -0.2) is 4.79 Å². The summed E-state index contributed by atoms with van der Waals surface area (Å²) >= 11 is 5.75. The lowest BCUT2D eigenvalue weighted by molar-refractivity contribution is -0.119. The van der Waals surface area contributed by atoms with Crippen LogP contribution in [0.25, 0.3) is 0 Å². The van der Waals surface area contributed by atoms with Crippen LogP contribution in [0.5, 0.6) is 11.5 Å². The second kappa shape index (κ2) is 7.45. The summed E-state index contributed by atoms with van der Waals surface area (Å²) in [6.07, 6.45) is 0. The lowest BCUT2D eigenvalue weighted by Crippen LogP contribution is -2.22. The number of Topliss-reactive ketones (excluding diaryl/α,β-unsaturated/α-hetero) is 1. The van der Waals surface area contributed by atoms with Gasteiger partial charge in [-0.05, 0) is 37.3 Å². The van der Waals surface area contributed by atoms with E-state index >= 15 is 0 Å². The van der Waals surface area contributed by atoms with Crippen molar-refractivity contribution < 1.29 is 28.6 Å². The molecule has 0 spiro atoms. The van der Waals surface area contributed by atoms with E-state index in [4.69, 9.17) is 25.8 Å². The van der Waals surface area contributed by atoms with Gasteiger partial charge in [-0.1, -0.05) is 11.6 Å². The van der Waals surface area contributed by atoms with Crippen LogP contribution in [0, 0.1) is 0 Å². The van der Waals surface area contributed by atoms with Gasteiger partial charge in [0.05, 0.1) is 11.3 Å². The Morgan fingerprint density at radius 2 is 1.77 bits per heavy atom. The minimum atomic E-state index is -0.658. The van der Waals surface area contributed by atoms with Crippen LogP contribution < -0.4 is 14.8 Å². The van der Waals surface area contributed by atoms with Gasteiger partial charge in [-0.15, -0.1) is 0 Å². The topological polar surface area (TPSA) is 90.9 Å². The number of anilines is 1. The number of amides is 1. The molecule has 0 saturated heterocycles. The minimum absolute atomic E-state index is 0.0444. The van der Waals surface area contributed by atoms with E-state index in [1.165, 1.54) is 31.2 Å². The van der Waals surface area contributed by atoms with E-state index in [1.807, 2.05) is 0 Å². The molecule has 0 fully saturated rings. The normalized spacial score (nSPS) is 11.8. The lowest BCUT2D eigenvalue weighted by atomic mass is 10.1. The molecule has 1 N–H and O–H groups in total. The van der Waals surface area contributed by atoms with Gasteiger partial charge in [-0.2, -0.15) is 0 Å². The fourth-order valence-electron chi connectivity index (χ4n) is 2.32. The molecule has 0 atom stereocenters. The highest BCUT2D eigenvalue weighted by molar-refractivity contribution is 6.30. The van der Waals surface area contributed by atoms with Crippen molar-refractivity contribution in [3.8, 4) is 11.5 Å². The van der Waals surface area contributed by atoms with Gasteiger partial charge >= 0.3 is 5.97 Å². The van der Waals surface area contributed by atoms with Crippen molar-refractivity contribution in [3.63, 3.8) is 0 Å². The first-order valence-electron chi connectivity index (χ1n) is 7.61. The average molecular weight is 376 g/mol. The van der Waals surface area contributed by atoms with E-state index in [1.54, 1.807) is 12.1 Å². The smallest absolute Gasteiger partial charge is 0.338 e. The fraction of sp³-hybridized carbons (Fsp3) is 0.167. The number of benzene rings is 2. The fourth-order valence-corrected chi connectivity index (χ4v) is 2.45. The number of hydrogen-bond acceptors (Lipinski definition) is 6. The second-order valence-corrected chi connectivity index (χ2v) is 5.87. The minimum Gasteiger partial charge on any atom is -0.454 e. The Kier molecular flexibility index (Phi) is 5.09. The number of esters is 1. The Labute approximate surface area is 153 Å². The third-order valence-corrected chi connectivity index (χ3v) is 3.83. The molecule has 1 aliphatic rings. The summed E-state index contributed by atoms with van der Waals surface area (Å²) in [6, 6.07) is 9.08. The quantitative estimate of drug-likeness (QED) is 0.638. The first-order chi connectivity index (χ1) is 12.4. The number of nitrogens with one attached hydrogen (secondary N) is 1. The number of ketones is 1. The van der Waals surface area contributed by atoms with Crippen LogP contribution in [0.2, 0.25) is 5.02 Å². The standard InChI is InChI=1S/C18H14ClNO6/c1-10(21)13-6-15-16(26-9-25-15)7-14(13)20-17(22)8-24-18(23)11-2-4-12(19)5-3-11/h2-7H,8-9H2,1H3,(H,20,22). The highest BCUT2D eigenvalue weighted by Crippen LogP contribution is 2.37. The Hall–Kier alpha value is -3.06. The summed E-state index contributed by atoms with van der Waals surface area (Å²) in [4.78, 5) is 35.8. The maximum atomic E-state index is 12.1. The number of rotatable bonds is 5. The highest BCUT2D eigenvalue weighted by atomic mass is 35.5. The van der Waals surface area contributed by atoms with Gasteiger partial charge in [0.2, 0.25) is 6.79 Å². The van der Waals surface area contributed by atoms with E-state index in [0.29, 0.717) is 16.5 Å². The van der Waals surface area contributed by atoms with Gasteiger partial charge < -0.3 is 19.5 Å². The van der Waals surface area contributed by atoms with Crippen molar-refractivity contribution in [2.24, 2.45) is 0 Å². The first-order valence-corrected chi connectivity index (χ1v) is 7.99. The molecule has 2 aromatic carbocycles. The molecule has 0 radical (unpaired) electrons. The van der Waals surface area contributed by atoms with Crippen LogP contribution in [0.4, 0.5) is 5.69 Å². The van der Waals surface area contributed by atoms with Crippen LogP contribution >= 0.6 is 11.6 Å². The second-order valence-electron chi connectivity index (χ2n) is 5.44. The maximum Gasteiger partial charge on any atom is 0.338 e. The molecule has 26 heavy (non-hydrogen) atoms. The molecule has 1 amide bonds. The van der Waals surface area contributed by atoms with Gasteiger partial charge in [0, 0.05) is 16.7 Å². The molecule has 8 heteroatoms. The zero-order chi connectivity index (χ0) is 18.7. The third-order valence-electron chi connectivity index (χ3n) is 3.58. The SMILES string of the molecule is CC(=O)c1cc2c(cc1NC(=O)COC(=O)c1ccc(Cl)cc1)OCO2. The number of hydrogen-bond donors (Lipinski definition) is 1. The molecule has 134 valence electrons. The zero-order valence-electron chi connectivity index (χ0n) is 13.7. The number of carbonyl (C=O) groups is 3. The number of ether oxygens (including phenoxy) is 3. The van der Waals surface area contributed by atoms with Crippen LogP contribution in [0.3, 0.4) is 0 Å². The third kappa shape index (κ3) is 3.94. The predicted octanol–water partition coefficient (Wildman–Crippen LogP) is 3.07. The first kappa shape index (κ1) is 17.8. The molecule has 1 aliphatic heterocycles. The average Bonchev–Trinajstić information content (AvgIpc) is 3.06. The number of halogens is 1. The van der Waals surface area contributed by atoms with E-state index in [2.05, 4.69) is 5.32 Å². The summed E-state index contributed by atoms with van der Waals surface area (Å²) in [7, 11) is 0. The summed E-state index contributed by atoms with van der Waals surface area (Å²) in [5.74, 6) is -0.648. The molecule has 0 aromatic heterocycles. The van der Waals surface area contributed by atoms with Gasteiger partial charge in [0.25, 0.3) is 5.91 Å².